The summed E-state index contributed by atoms with van der Waals surface area (Å²) in [6.45, 7) is 8.89. The number of nitrogens with zero attached hydrogens (tertiary/aromatic N) is 5. The summed E-state index contributed by atoms with van der Waals surface area (Å²) in [4.78, 5) is 23.1. The standard InChI is InChI=1S/C19H28N6O/c1-16-4-3-8-23(15-16)9-7-22-19(26)25-12-10-24(11-13-25)18-17(14-20)5-2-6-21-18/h2,5-6,16H,3-4,7-13,15H2,1H3,(H,22,26). The van der Waals surface area contributed by atoms with Gasteiger partial charge in [-0.25, -0.2) is 9.78 Å². The van der Waals surface area contributed by atoms with Crippen LogP contribution in [-0.4, -0.2) is 73.2 Å². The Kier molecular flexibility index (Phi) is 6.29. The number of carbonyl (C=O) groups is 1. The molecule has 2 amide bonds. The number of nitriles is 1. The molecule has 1 atom stereocenters. The highest BCUT2D eigenvalue weighted by Gasteiger charge is 2.23. The summed E-state index contributed by atoms with van der Waals surface area (Å²) in [7, 11) is 0. The van der Waals surface area contributed by atoms with Crippen LogP contribution < -0.4 is 10.2 Å². The van der Waals surface area contributed by atoms with Crippen molar-refractivity contribution in [3.63, 3.8) is 0 Å². The Labute approximate surface area is 155 Å². The van der Waals surface area contributed by atoms with Gasteiger partial charge in [-0.2, -0.15) is 5.26 Å². The molecule has 2 aliphatic heterocycles. The summed E-state index contributed by atoms with van der Waals surface area (Å²) < 4.78 is 0. The van der Waals surface area contributed by atoms with E-state index in [2.05, 4.69) is 33.1 Å². The smallest absolute Gasteiger partial charge is 0.317 e. The van der Waals surface area contributed by atoms with Gasteiger partial charge in [0.25, 0.3) is 0 Å². The van der Waals surface area contributed by atoms with Gasteiger partial charge in [-0.1, -0.05) is 6.92 Å². The highest BCUT2D eigenvalue weighted by molar-refractivity contribution is 5.74. The number of anilines is 1. The van der Waals surface area contributed by atoms with Crippen molar-refractivity contribution >= 4 is 11.8 Å². The number of urea groups is 1. The first-order valence-electron chi connectivity index (χ1n) is 9.52. The molecule has 0 spiro atoms. The highest BCUT2D eigenvalue weighted by atomic mass is 16.2. The molecule has 0 aliphatic carbocycles. The van der Waals surface area contributed by atoms with Crippen LogP contribution >= 0.6 is 0 Å². The molecule has 0 saturated carbocycles. The molecule has 1 N–H and O–H groups in total. The van der Waals surface area contributed by atoms with Gasteiger partial charge < -0.3 is 20.0 Å². The third-order valence-electron chi connectivity index (χ3n) is 5.22. The second kappa shape index (κ2) is 8.86. The quantitative estimate of drug-likeness (QED) is 0.885. The summed E-state index contributed by atoms with van der Waals surface area (Å²) in [6.07, 6.45) is 4.28. The van der Waals surface area contributed by atoms with E-state index in [0.717, 1.165) is 25.6 Å². The molecular formula is C19H28N6O. The molecule has 3 heterocycles. The lowest BCUT2D eigenvalue weighted by Crippen LogP contribution is -2.53. The molecule has 1 unspecified atom stereocenters. The Balaban J connectivity index is 1.41. The molecule has 7 heteroatoms. The lowest BCUT2D eigenvalue weighted by molar-refractivity contribution is 0.175. The molecule has 26 heavy (non-hydrogen) atoms. The number of rotatable bonds is 4. The lowest BCUT2D eigenvalue weighted by Gasteiger charge is -2.36. The molecule has 2 aliphatic rings. The van der Waals surface area contributed by atoms with E-state index < -0.39 is 0 Å². The third-order valence-corrected chi connectivity index (χ3v) is 5.22. The summed E-state index contributed by atoms with van der Waals surface area (Å²) >= 11 is 0. The number of amides is 2. The first-order chi connectivity index (χ1) is 12.7. The molecule has 0 bridgehead atoms. The van der Waals surface area contributed by atoms with Crippen LogP contribution in [-0.2, 0) is 0 Å². The Hall–Kier alpha value is -2.33. The topological polar surface area (TPSA) is 75.5 Å². The zero-order valence-electron chi connectivity index (χ0n) is 15.5. The Bertz CT molecular complexity index is 650. The van der Waals surface area contributed by atoms with Gasteiger partial charge >= 0.3 is 6.03 Å². The van der Waals surface area contributed by atoms with Gasteiger partial charge in [-0.15, -0.1) is 0 Å². The van der Waals surface area contributed by atoms with Gasteiger partial charge in [-0.05, 0) is 37.4 Å². The van der Waals surface area contributed by atoms with Gasteiger partial charge in [0.2, 0.25) is 0 Å². The number of aromatic nitrogens is 1. The molecule has 0 aromatic carbocycles. The van der Waals surface area contributed by atoms with Gasteiger partial charge in [-0.3, -0.25) is 0 Å². The zero-order chi connectivity index (χ0) is 18.4. The molecule has 7 nitrogen and oxygen atoms in total. The number of hydrogen-bond acceptors (Lipinski definition) is 5. The fraction of sp³-hybridized carbons (Fsp3) is 0.632. The summed E-state index contributed by atoms with van der Waals surface area (Å²) in [6, 6.07) is 5.75. The molecule has 1 aromatic rings. The van der Waals surface area contributed by atoms with E-state index in [-0.39, 0.29) is 6.03 Å². The van der Waals surface area contributed by atoms with Gasteiger partial charge in [0.05, 0.1) is 5.56 Å². The fourth-order valence-corrected chi connectivity index (χ4v) is 3.78. The second-order valence-electron chi connectivity index (χ2n) is 7.24. The zero-order valence-corrected chi connectivity index (χ0v) is 15.5. The summed E-state index contributed by atoms with van der Waals surface area (Å²) in [5, 5.41) is 12.3. The number of nitrogens with one attached hydrogen (secondary N) is 1. The number of carbonyl (C=O) groups excluding carboxylic acids is 1. The van der Waals surface area contributed by atoms with Crippen LogP contribution in [0.15, 0.2) is 18.3 Å². The normalized spacial score (nSPS) is 21.3. The maximum Gasteiger partial charge on any atom is 0.317 e. The van der Waals surface area contributed by atoms with Crippen molar-refractivity contribution in [1.29, 1.82) is 5.26 Å². The van der Waals surface area contributed by atoms with E-state index in [1.165, 1.54) is 12.8 Å². The highest BCUT2D eigenvalue weighted by Crippen LogP contribution is 2.18. The van der Waals surface area contributed by atoms with Crippen LogP contribution in [0.2, 0.25) is 0 Å². The predicted molar refractivity (Wildman–Crippen MR) is 101 cm³/mol. The SMILES string of the molecule is CC1CCCN(CCNC(=O)N2CCN(c3ncccc3C#N)CC2)C1. The minimum Gasteiger partial charge on any atom is -0.352 e. The van der Waals surface area contributed by atoms with Gasteiger partial charge in [0.15, 0.2) is 0 Å². The van der Waals surface area contributed by atoms with Crippen molar-refractivity contribution < 1.29 is 4.79 Å². The van der Waals surface area contributed by atoms with E-state index in [9.17, 15) is 10.1 Å². The van der Waals surface area contributed by atoms with Crippen LogP contribution in [0, 0.1) is 17.2 Å². The van der Waals surface area contributed by atoms with Crippen molar-refractivity contribution in [2.45, 2.75) is 19.8 Å². The van der Waals surface area contributed by atoms with Crippen molar-refractivity contribution in [3.05, 3.63) is 23.9 Å². The Morgan fingerprint density at radius 3 is 2.88 bits per heavy atom. The fourth-order valence-electron chi connectivity index (χ4n) is 3.78. The Morgan fingerprint density at radius 1 is 1.35 bits per heavy atom. The average molecular weight is 356 g/mol. The molecule has 1 aromatic heterocycles. The molecule has 2 saturated heterocycles. The number of hydrogen-bond donors (Lipinski definition) is 1. The average Bonchev–Trinajstić information content (AvgIpc) is 2.68. The molecule has 0 radical (unpaired) electrons. The van der Waals surface area contributed by atoms with Crippen LogP contribution in [0.3, 0.4) is 0 Å². The largest absolute Gasteiger partial charge is 0.352 e. The van der Waals surface area contributed by atoms with Crippen molar-refractivity contribution in [2.24, 2.45) is 5.92 Å². The summed E-state index contributed by atoms with van der Waals surface area (Å²) in [5.74, 6) is 1.48. The van der Waals surface area contributed by atoms with E-state index in [1.54, 1.807) is 18.3 Å². The van der Waals surface area contributed by atoms with Crippen LogP contribution in [0.4, 0.5) is 10.6 Å². The lowest BCUT2D eigenvalue weighted by atomic mass is 10.0. The molecular weight excluding hydrogens is 328 g/mol. The van der Waals surface area contributed by atoms with Crippen molar-refractivity contribution in [3.8, 4) is 6.07 Å². The van der Waals surface area contributed by atoms with Gasteiger partial charge in [0.1, 0.15) is 11.9 Å². The second-order valence-corrected chi connectivity index (χ2v) is 7.24. The van der Waals surface area contributed by atoms with E-state index in [0.29, 0.717) is 44.1 Å². The minimum absolute atomic E-state index is 0.0104. The van der Waals surface area contributed by atoms with Gasteiger partial charge in [0, 0.05) is 52.0 Å². The first-order valence-corrected chi connectivity index (χ1v) is 9.52. The van der Waals surface area contributed by atoms with Crippen molar-refractivity contribution in [1.82, 2.24) is 20.1 Å². The van der Waals surface area contributed by atoms with E-state index in [4.69, 9.17) is 0 Å². The number of piperidine rings is 1. The minimum atomic E-state index is 0.0104. The monoisotopic (exact) mass is 356 g/mol. The van der Waals surface area contributed by atoms with Crippen LogP contribution in [0.1, 0.15) is 25.3 Å². The maximum absolute atomic E-state index is 12.4. The maximum atomic E-state index is 12.4. The van der Waals surface area contributed by atoms with Crippen LogP contribution in [0.25, 0.3) is 0 Å². The molecule has 2 fully saturated rings. The molecule has 3 rings (SSSR count). The Morgan fingerprint density at radius 2 is 2.15 bits per heavy atom. The van der Waals surface area contributed by atoms with E-state index in [1.807, 2.05) is 4.90 Å². The number of likely N-dealkylation sites (tertiary alicyclic amines) is 1. The third kappa shape index (κ3) is 4.64. The number of pyridine rings is 1. The predicted octanol–water partition coefficient (Wildman–Crippen LogP) is 1.52. The van der Waals surface area contributed by atoms with Crippen LogP contribution in [0.5, 0.6) is 0 Å². The van der Waals surface area contributed by atoms with Crippen molar-refractivity contribution in [2.75, 3.05) is 57.3 Å². The van der Waals surface area contributed by atoms with E-state index >= 15 is 0 Å². The first kappa shape index (κ1) is 18.5. The molecule has 140 valence electrons. The summed E-state index contributed by atoms with van der Waals surface area (Å²) in [5.41, 5.74) is 0.584. The number of piperazine rings is 1.